The van der Waals surface area contributed by atoms with E-state index in [9.17, 15) is 4.39 Å². The van der Waals surface area contributed by atoms with E-state index in [-0.39, 0.29) is 6.54 Å². The highest BCUT2D eigenvalue weighted by atomic mass is 19.1. The van der Waals surface area contributed by atoms with Gasteiger partial charge in [0.05, 0.1) is 6.61 Å². The molecule has 2 rings (SSSR count). The Morgan fingerprint density at radius 3 is 3.00 bits per heavy atom. The van der Waals surface area contributed by atoms with E-state index in [0.717, 1.165) is 13.0 Å². The summed E-state index contributed by atoms with van der Waals surface area (Å²) in [6.07, 6.45) is 1.32. The maximum atomic E-state index is 13.5. The Bertz CT molecular complexity index is 234. The first-order valence-electron chi connectivity index (χ1n) is 4.65. The van der Waals surface area contributed by atoms with Gasteiger partial charge in [-0.05, 0) is 6.42 Å². The Hall–Kier alpha value is -0.660. The number of hydrogen-bond donors (Lipinski definition) is 0. The van der Waals surface area contributed by atoms with E-state index in [2.05, 4.69) is 0 Å². The van der Waals surface area contributed by atoms with Crippen LogP contribution in [0.15, 0.2) is 0 Å². The third-order valence-corrected chi connectivity index (χ3v) is 2.87. The number of nitrogens with zero attached hydrogens (tertiary/aromatic N) is 2. The summed E-state index contributed by atoms with van der Waals surface area (Å²) < 4.78 is 18.7. The Morgan fingerprint density at radius 2 is 2.46 bits per heavy atom. The highest BCUT2D eigenvalue weighted by Gasteiger charge is 2.41. The van der Waals surface area contributed by atoms with E-state index >= 15 is 0 Å². The van der Waals surface area contributed by atoms with E-state index in [4.69, 9.17) is 10.00 Å². The zero-order valence-electron chi connectivity index (χ0n) is 7.50. The first-order valence-corrected chi connectivity index (χ1v) is 4.65. The highest BCUT2D eigenvalue weighted by molar-refractivity contribution is 5.08. The second-order valence-electron chi connectivity index (χ2n) is 3.81. The largest absolute Gasteiger partial charge is 0.380 e. The van der Waals surface area contributed by atoms with Gasteiger partial charge in [-0.15, -0.1) is 0 Å². The minimum absolute atomic E-state index is 0.261. The molecule has 0 amide bonds. The lowest BCUT2D eigenvalue weighted by molar-refractivity contribution is 0.147. The predicted octanol–water partition coefficient (Wildman–Crippen LogP) is 0.713. The minimum atomic E-state index is -1.61. The van der Waals surface area contributed by atoms with Gasteiger partial charge in [-0.1, -0.05) is 0 Å². The molecule has 2 saturated heterocycles. The lowest BCUT2D eigenvalue weighted by Gasteiger charge is -2.21. The van der Waals surface area contributed by atoms with Crippen LogP contribution in [0, 0.1) is 11.3 Å². The summed E-state index contributed by atoms with van der Waals surface area (Å²) >= 11 is 0. The van der Waals surface area contributed by atoms with Crippen LogP contribution in [0.2, 0.25) is 0 Å². The number of alkyl halides is 1. The van der Waals surface area contributed by atoms with Crippen LogP contribution in [0.3, 0.4) is 0 Å². The molecule has 2 fully saturated rings. The van der Waals surface area contributed by atoms with Crippen molar-refractivity contribution in [2.75, 3.05) is 26.3 Å². The monoisotopic (exact) mass is 184 g/mol. The van der Waals surface area contributed by atoms with Gasteiger partial charge < -0.3 is 4.74 Å². The third-order valence-electron chi connectivity index (χ3n) is 2.87. The average Bonchev–Trinajstić information content (AvgIpc) is 2.73. The standard InChI is InChI=1S/C9H13FN2O/c10-9(6-11)2-3-12(7-9)8-1-4-13-5-8/h8H,1-5,7H2. The topological polar surface area (TPSA) is 36.3 Å². The lowest BCUT2D eigenvalue weighted by atomic mass is 10.1. The second-order valence-corrected chi connectivity index (χ2v) is 3.81. The van der Waals surface area contributed by atoms with E-state index in [1.165, 1.54) is 0 Å². The fourth-order valence-electron chi connectivity index (χ4n) is 2.01. The van der Waals surface area contributed by atoms with Gasteiger partial charge in [-0.3, -0.25) is 4.90 Å². The molecule has 0 bridgehead atoms. The highest BCUT2D eigenvalue weighted by Crippen LogP contribution is 2.28. The maximum absolute atomic E-state index is 13.5. The summed E-state index contributed by atoms with van der Waals surface area (Å²) in [6.45, 7) is 2.42. The molecule has 2 heterocycles. The number of likely N-dealkylation sites (tertiary alicyclic amines) is 1. The average molecular weight is 184 g/mol. The van der Waals surface area contributed by atoms with Crippen molar-refractivity contribution in [1.82, 2.24) is 4.90 Å². The lowest BCUT2D eigenvalue weighted by Crippen LogP contribution is -2.36. The first kappa shape index (κ1) is 8.92. The van der Waals surface area contributed by atoms with E-state index in [0.29, 0.717) is 25.6 Å². The summed E-state index contributed by atoms with van der Waals surface area (Å²) in [5.74, 6) is 0. The molecule has 2 aliphatic heterocycles. The molecule has 2 atom stereocenters. The molecular weight excluding hydrogens is 171 g/mol. The molecule has 0 aromatic rings. The maximum Gasteiger partial charge on any atom is 0.209 e. The van der Waals surface area contributed by atoms with Crippen molar-refractivity contribution in [3.63, 3.8) is 0 Å². The van der Waals surface area contributed by atoms with Crippen LogP contribution in [-0.2, 0) is 4.74 Å². The van der Waals surface area contributed by atoms with Crippen molar-refractivity contribution < 1.29 is 9.13 Å². The Kier molecular flexibility index (Phi) is 2.22. The number of halogens is 1. The van der Waals surface area contributed by atoms with Gasteiger partial charge in [0, 0.05) is 32.2 Å². The molecule has 0 aromatic carbocycles. The van der Waals surface area contributed by atoms with Gasteiger partial charge in [-0.25, -0.2) is 4.39 Å². The smallest absolute Gasteiger partial charge is 0.209 e. The van der Waals surface area contributed by atoms with Gasteiger partial charge in [0.25, 0.3) is 0 Å². The molecule has 2 aliphatic rings. The van der Waals surface area contributed by atoms with Crippen molar-refractivity contribution in [3.8, 4) is 6.07 Å². The van der Waals surface area contributed by atoms with Crippen molar-refractivity contribution in [2.24, 2.45) is 0 Å². The van der Waals surface area contributed by atoms with Gasteiger partial charge >= 0.3 is 0 Å². The molecule has 0 saturated carbocycles. The third kappa shape index (κ3) is 1.67. The zero-order valence-corrected chi connectivity index (χ0v) is 7.50. The number of nitriles is 1. The molecule has 0 spiro atoms. The van der Waals surface area contributed by atoms with Crippen molar-refractivity contribution in [2.45, 2.75) is 24.6 Å². The van der Waals surface area contributed by atoms with Crippen LogP contribution >= 0.6 is 0 Å². The van der Waals surface area contributed by atoms with E-state index < -0.39 is 5.67 Å². The first-order chi connectivity index (χ1) is 6.23. The SMILES string of the molecule is N#CC1(F)CCN(C2CCOC2)C1. The number of hydrogen-bond acceptors (Lipinski definition) is 3. The molecule has 13 heavy (non-hydrogen) atoms. The normalized spacial score (nSPS) is 40.8. The molecular formula is C9H13FN2O. The Balaban J connectivity index is 1.94. The van der Waals surface area contributed by atoms with E-state index in [1.54, 1.807) is 6.07 Å². The Labute approximate surface area is 77.1 Å². The van der Waals surface area contributed by atoms with Crippen molar-refractivity contribution in [3.05, 3.63) is 0 Å². The number of ether oxygens (including phenoxy) is 1. The molecule has 0 aromatic heterocycles. The summed E-state index contributed by atoms with van der Waals surface area (Å²) in [5, 5.41) is 8.60. The predicted molar refractivity (Wildman–Crippen MR) is 44.9 cm³/mol. The van der Waals surface area contributed by atoms with Crippen LogP contribution in [0.1, 0.15) is 12.8 Å². The fraction of sp³-hybridized carbons (Fsp3) is 0.889. The molecule has 0 radical (unpaired) electrons. The molecule has 3 nitrogen and oxygen atoms in total. The molecule has 4 heteroatoms. The van der Waals surface area contributed by atoms with E-state index in [1.807, 2.05) is 4.90 Å². The summed E-state index contributed by atoms with van der Waals surface area (Å²) in [5.41, 5.74) is -1.61. The summed E-state index contributed by atoms with van der Waals surface area (Å²) in [4.78, 5) is 2.04. The molecule has 0 N–H and O–H groups in total. The van der Waals surface area contributed by atoms with Crippen LogP contribution in [0.5, 0.6) is 0 Å². The molecule has 2 unspecified atom stereocenters. The van der Waals surface area contributed by atoms with Gasteiger partial charge in [0.15, 0.2) is 0 Å². The van der Waals surface area contributed by atoms with Crippen LogP contribution in [0.25, 0.3) is 0 Å². The minimum Gasteiger partial charge on any atom is -0.380 e. The fourth-order valence-corrected chi connectivity index (χ4v) is 2.01. The Morgan fingerprint density at radius 1 is 1.62 bits per heavy atom. The molecule has 72 valence electrons. The second kappa shape index (κ2) is 3.24. The van der Waals surface area contributed by atoms with Gasteiger partial charge in [-0.2, -0.15) is 5.26 Å². The molecule has 0 aliphatic carbocycles. The van der Waals surface area contributed by atoms with Crippen molar-refractivity contribution >= 4 is 0 Å². The van der Waals surface area contributed by atoms with Crippen LogP contribution < -0.4 is 0 Å². The van der Waals surface area contributed by atoms with Crippen LogP contribution in [0.4, 0.5) is 4.39 Å². The number of rotatable bonds is 1. The zero-order chi connectivity index (χ0) is 9.31. The van der Waals surface area contributed by atoms with Crippen LogP contribution in [-0.4, -0.2) is 42.9 Å². The quantitative estimate of drug-likeness (QED) is 0.602. The van der Waals surface area contributed by atoms with Gasteiger partial charge in [0.2, 0.25) is 5.67 Å². The summed E-state index contributed by atoms with van der Waals surface area (Å²) in [7, 11) is 0. The summed E-state index contributed by atoms with van der Waals surface area (Å²) in [6, 6.07) is 2.08. The van der Waals surface area contributed by atoms with Crippen molar-refractivity contribution in [1.29, 1.82) is 5.26 Å². The van der Waals surface area contributed by atoms with Gasteiger partial charge in [0.1, 0.15) is 6.07 Å².